The molecule has 0 radical (unpaired) electrons. The van der Waals surface area contributed by atoms with Crippen molar-refractivity contribution in [3.05, 3.63) is 0 Å². The van der Waals surface area contributed by atoms with Gasteiger partial charge >= 0.3 is 0 Å². The van der Waals surface area contributed by atoms with E-state index in [4.69, 9.17) is 0 Å². The molecule has 0 aromatic rings. The van der Waals surface area contributed by atoms with Crippen molar-refractivity contribution in [3.63, 3.8) is 0 Å². The molecule has 0 saturated heterocycles. The highest BCUT2D eigenvalue weighted by Crippen LogP contribution is 1.77. The molecule has 0 bridgehead atoms. The lowest BCUT2D eigenvalue weighted by Crippen LogP contribution is -2.34. The second-order valence-corrected chi connectivity index (χ2v) is 2.73. The van der Waals surface area contributed by atoms with E-state index in [1.807, 2.05) is 22.6 Å². The molecule has 0 saturated carbocycles. The first-order chi connectivity index (χ1) is 5.16. The molecular formula is C6H11IN2O2. The number of hydrogen-bond acceptors (Lipinski definition) is 2. The van der Waals surface area contributed by atoms with Gasteiger partial charge in [-0.1, -0.05) is 22.6 Å². The molecule has 0 aliphatic carbocycles. The summed E-state index contributed by atoms with van der Waals surface area (Å²) in [4.78, 5) is 21.0. The van der Waals surface area contributed by atoms with Crippen LogP contribution in [0.1, 0.15) is 6.92 Å². The maximum Gasteiger partial charge on any atom is 0.229 e. The van der Waals surface area contributed by atoms with E-state index in [1.54, 1.807) is 0 Å². The number of nitrogens with one attached hydrogen (secondary N) is 2. The van der Waals surface area contributed by atoms with Crippen molar-refractivity contribution < 1.29 is 9.59 Å². The van der Waals surface area contributed by atoms with Crippen LogP contribution in [0.25, 0.3) is 0 Å². The normalized spacial score (nSPS) is 8.91. The lowest BCUT2D eigenvalue weighted by Gasteiger charge is -2.02. The Balaban J connectivity index is 3.14. The highest BCUT2D eigenvalue weighted by Gasteiger charge is 1.95. The molecule has 2 amide bonds. The minimum absolute atomic E-state index is 0.00375. The van der Waals surface area contributed by atoms with Gasteiger partial charge in [0, 0.05) is 20.0 Å². The smallest absolute Gasteiger partial charge is 0.229 e. The third-order valence-corrected chi connectivity index (χ3v) is 1.64. The fraction of sp³-hybridized carbons (Fsp3) is 0.667. The van der Waals surface area contributed by atoms with E-state index in [0.29, 0.717) is 17.5 Å². The summed E-state index contributed by atoms with van der Waals surface area (Å²) in [5.41, 5.74) is 0. The molecule has 0 aliphatic heterocycles. The second kappa shape index (κ2) is 6.38. The average molecular weight is 270 g/mol. The Hall–Kier alpha value is -0.330. The third-order valence-electron chi connectivity index (χ3n) is 0.942. The van der Waals surface area contributed by atoms with E-state index >= 15 is 0 Å². The highest BCUT2D eigenvalue weighted by atomic mass is 127. The fourth-order valence-electron chi connectivity index (χ4n) is 0.488. The number of alkyl halides is 1. The monoisotopic (exact) mass is 270 g/mol. The van der Waals surface area contributed by atoms with Gasteiger partial charge in [0.05, 0.1) is 4.43 Å². The second-order valence-electron chi connectivity index (χ2n) is 1.97. The van der Waals surface area contributed by atoms with Crippen LogP contribution in [0.15, 0.2) is 0 Å². The lowest BCUT2D eigenvalue weighted by atomic mass is 10.5. The van der Waals surface area contributed by atoms with E-state index in [1.165, 1.54) is 6.92 Å². The van der Waals surface area contributed by atoms with Crippen LogP contribution in [-0.4, -0.2) is 29.3 Å². The Bertz CT molecular complexity index is 150. The molecule has 0 aromatic heterocycles. The fourth-order valence-corrected chi connectivity index (χ4v) is 0.757. The molecule has 64 valence electrons. The van der Waals surface area contributed by atoms with Crippen molar-refractivity contribution in [1.82, 2.24) is 10.6 Å². The first kappa shape index (κ1) is 10.7. The molecular weight excluding hydrogens is 259 g/mol. The van der Waals surface area contributed by atoms with Crippen molar-refractivity contribution in [2.45, 2.75) is 6.92 Å². The summed E-state index contributed by atoms with van der Waals surface area (Å²) in [6.07, 6.45) is 0. The van der Waals surface area contributed by atoms with Crippen LogP contribution in [-0.2, 0) is 9.59 Å². The summed E-state index contributed by atoms with van der Waals surface area (Å²) in [5.74, 6) is -0.0790. The van der Waals surface area contributed by atoms with E-state index in [-0.39, 0.29) is 11.8 Å². The van der Waals surface area contributed by atoms with Crippen LogP contribution in [0.5, 0.6) is 0 Å². The van der Waals surface area contributed by atoms with Gasteiger partial charge in [-0.15, -0.1) is 0 Å². The minimum Gasteiger partial charge on any atom is -0.355 e. The minimum atomic E-state index is -0.0753. The van der Waals surface area contributed by atoms with Gasteiger partial charge in [0.15, 0.2) is 0 Å². The summed E-state index contributed by atoms with van der Waals surface area (Å²) < 4.78 is 0.456. The van der Waals surface area contributed by atoms with Gasteiger partial charge in [0.1, 0.15) is 0 Å². The molecule has 2 N–H and O–H groups in total. The quantitative estimate of drug-likeness (QED) is 0.417. The zero-order valence-electron chi connectivity index (χ0n) is 6.32. The molecule has 0 fully saturated rings. The molecule has 5 heteroatoms. The third kappa shape index (κ3) is 7.57. The molecule has 11 heavy (non-hydrogen) atoms. The van der Waals surface area contributed by atoms with Crippen LogP contribution in [0.2, 0.25) is 0 Å². The van der Waals surface area contributed by atoms with Gasteiger partial charge in [-0.3, -0.25) is 9.59 Å². The van der Waals surface area contributed by atoms with E-state index < -0.39 is 0 Å². The number of hydrogen-bond donors (Lipinski definition) is 2. The van der Waals surface area contributed by atoms with Gasteiger partial charge in [-0.05, 0) is 0 Å². The first-order valence-corrected chi connectivity index (χ1v) is 4.76. The van der Waals surface area contributed by atoms with E-state index in [2.05, 4.69) is 10.6 Å². The number of rotatable bonds is 4. The number of carbonyl (C=O) groups is 2. The standard InChI is InChI=1S/C6H11IN2O2/c1-5(10)8-2-3-9-6(11)4-7/h2-4H2,1H3,(H,8,10)(H,9,11). The first-order valence-electron chi connectivity index (χ1n) is 3.24. The predicted octanol–water partition coefficient (Wildman–Crippen LogP) is -0.326. The van der Waals surface area contributed by atoms with Crippen molar-refractivity contribution in [2.75, 3.05) is 17.5 Å². The Morgan fingerprint density at radius 2 is 1.82 bits per heavy atom. The van der Waals surface area contributed by atoms with Crippen molar-refractivity contribution >= 4 is 34.4 Å². The van der Waals surface area contributed by atoms with Gasteiger partial charge in [0.2, 0.25) is 11.8 Å². The Kier molecular flexibility index (Phi) is 6.19. The largest absolute Gasteiger partial charge is 0.355 e. The highest BCUT2D eigenvalue weighted by molar-refractivity contribution is 14.1. The Labute approximate surface area is 79.2 Å². The summed E-state index contributed by atoms with van der Waals surface area (Å²) >= 11 is 1.98. The Morgan fingerprint density at radius 3 is 2.27 bits per heavy atom. The van der Waals surface area contributed by atoms with Crippen molar-refractivity contribution in [1.29, 1.82) is 0 Å². The van der Waals surface area contributed by atoms with Crippen LogP contribution in [0, 0.1) is 0 Å². The van der Waals surface area contributed by atoms with Crippen molar-refractivity contribution in [3.8, 4) is 0 Å². The van der Waals surface area contributed by atoms with E-state index in [0.717, 1.165) is 0 Å². The van der Waals surface area contributed by atoms with Gasteiger partial charge in [-0.25, -0.2) is 0 Å². The van der Waals surface area contributed by atoms with E-state index in [9.17, 15) is 9.59 Å². The molecule has 0 atom stereocenters. The Morgan fingerprint density at radius 1 is 1.27 bits per heavy atom. The summed E-state index contributed by atoms with van der Waals surface area (Å²) in [6.45, 7) is 2.44. The van der Waals surface area contributed by atoms with Crippen LogP contribution < -0.4 is 10.6 Å². The van der Waals surface area contributed by atoms with Crippen molar-refractivity contribution in [2.24, 2.45) is 0 Å². The topological polar surface area (TPSA) is 58.2 Å². The predicted molar refractivity (Wildman–Crippen MR) is 50.6 cm³/mol. The number of halogens is 1. The average Bonchev–Trinajstić information content (AvgIpc) is 1.97. The molecule has 0 unspecified atom stereocenters. The summed E-state index contributed by atoms with van der Waals surface area (Å²) in [6, 6.07) is 0. The SMILES string of the molecule is CC(=O)NCCNC(=O)CI. The van der Waals surface area contributed by atoms with Crippen LogP contribution >= 0.6 is 22.6 Å². The summed E-state index contributed by atoms with van der Waals surface area (Å²) in [5, 5.41) is 5.20. The zero-order chi connectivity index (χ0) is 8.69. The lowest BCUT2D eigenvalue weighted by molar-refractivity contribution is -0.120. The number of amides is 2. The van der Waals surface area contributed by atoms with Crippen LogP contribution in [0.4, 0.5) is 0 Å². The molecule has 0 aromatic carbocycles. The maximum atomic E-state index is 10.6. The van der Waals surface area contributed by atoms with Gasteiger partial charge in [-0.2, -0.15) is 0 Å². The maximum absolute atomic E-state index is 10.6. The molecule has 0 spiro atoms. The molecule has 0 heterocycles. The molecule has 0 rings (SSSR count). The number of carbonyl (C=O) groups excluding carboxylic acids is 2. The van der Waals surface area contributed by atoms with Crippen LogP contribution in [0.3, 0.4) is 0 Å². The van der Waals surface area contributed by atoms with Gasteiger partial charge in [0.25, 0.3) is 0 Å². The molecule has 4 nitrogen and oxygen atoms in total. The zero-order valence-corrected chi connectivity index (χ0v) is 8.47. The van der Waals surface area contributed by atoms with Gasteiger partial charge < -0.3 is 10.6 Å². The molecule has 0 aliphatic rings. The summed E-state index contributed by atoms with van der Waals surface area (Å²) in [7, 11) is 0.